The van der Waals surface area contributed by atoms with Gasteiger partial charge >= 0.3 is 0 Å². The van der Waals surface area contributed by atoms with Crippen molar-refractivity contribution in [1.82, 2.24) is 0 Å². The molecule has 0 aromatic carbocycles. The maximum atomic E-state index is 12.4. The lowest BCUT2D eigenvalue weighted by Gasteiger charge is -2.62. The molecule has 5 heteroatoms. The smallest absolute Gasteiger partial charge is 0.144 e. The molecule has 0 amide bonds. The lowest BCUT2D eigenvalue weighted by molar-refractivity contribution is -0.174. The molecule has 4 aliphatic rings. The maximum Gasteiger partial charge on any atom is 0.144 e. The lowest BCUT2D eigenvalue weighted by Crippen LogP contribution is -2.61. The molecule has 0 heterocycles. The first kappa shape index (κ1) is 12.8. The highest BCUT2D eigenvalue weighted by Gasteiger charge is 2.62. The molecular formula is C13H19O4S-. The van der Waals surface area contributed by atoms with E-state index in [9.17, 15) is 13.6 Å². The van der Waals surface area contributed by atoms with E-state index in [2.05, 4.69) is 13.8 Å². The molecule has 18 heavy (non-hydrogen) atoms. The Morgan fingerprint density at radius 1 is 1.33 bits per heavy atom. The topological polar surface area (TPSA) is 66.4 Å². The zero-order chi connectivity index (χ0) is 13.1. The predicted octanol–water partition coefficient (Wildman–Crippen LogP) is 1.83. The number of rotatable bonds is 3. The SMILES string of the molecule is CC1(C)C2CC3CC1CC(COS(=O)[O-])(C2)C3=O. The van der Waals surface area contributed by atoms with Crippen molar-refractivity contribution in [3.63, 3.8) is 0 Å². The summed E-state index contributed by atoms with van der Waals surface area (Å²) in [5.41, 5.74) is -0.219. The monoisotopic (exact) mass is 271 g/mol. The van der Waals surface area contributed by atoms with Crippen molar-refractivity contribution in [2.24, 2.45) is 28.6 Å². The van der Waals surface area contributed by atoms with Crippen LogP contribution in [0, 0.1) is 28.6 Å². The molecule has 3 atom stereocenters. The maximum absolute atomic E-state index is 12.4. The number of carbonyl (C=O) groups is 1. The van der Waals surface area contributed by atoms with Gasteiger partial charge in [-0.1, -0.05) is 13.8 Å². The third-order valence-corrected chi connectivity index (χ3v) is 6.15. The minimum Gasteiger partial charge on any atom is -0.750 e. The van der Waals surface area contributed by atoms with E-state index in [-0.39, 0.29) is 23.7 Å². The van der Waals surface area contributed by atoms with Gasteiger partial charge in [-0.15, -0.1) is 0 Å². The average molecular weight is 271 g/mol. The van der Waals surface area contributed by atoms with E-state index in [1.54, 1.807) is 0 Å². The first-order valence-corrected chi connectivity index (χ1v) is 7.62. The summed E-state index contributed by atoms with van der Waals surface area (Å²) in [6.07, 6.45) is 3.60. The van der Waals surface area contributed by atoms with Gasteiger partial charge in [0.15, 0.2) is 0 Å². The molecule has 0 aliphatic heterocycles. The Labute approximate surface area is 110 Å². The van der Waals surface area contributed by atoms with Crippen molar-refractivity contribution in [1.29, 1.82) is 0 Å². The summed E-state index contributed by atoms with van der Waals surface area (Å²) < 4.78 is 25.9. The van der Waals surface area contributed by atoms with E-state index < -0.39 is 16.8 Å². The van der Waals surface area contributed by atoms with E-state index in [0.717, 1.165) is 25.7 Å². The average Bonchev–Trinajstić information content (AvgIpc) is 2.25. The van der Waals surface area contributed by atoms with Crippen LogP contribution in [-0.2, 0) is 20.3 Å². The summed E-state index contributed by atoms with van der Waals surface area (Å²) in [5.74, 6) is 1.49. The van der Waals surface area contributed by atoms with Gasteiger partial charge in [0, 0.05) is 5.92 Å². The van der Waals surface area contributed by atoms with Gasteiger partial charge in [0.05, 0.1) is 23.4 Å². The van der Waals surface area contributed by atoms with Crippen LogP contribution in [0.15, 0.2) is 0 Å². The van der Waals surface area contributed by atoms with Crippen molar-refractivity contribution in [2.45, 2.75) is 39.5 Å². The lowest BCUT2D eigenvalue weighted by atomic mass is 9.41. The van der Waals surface area contributed by atoms with Crippen molar-refractivity contribution >= 4 is 17.1 Å². The predicted molar refractivity (Wildman–Crippen MR) is 65.0 cm³/mol. The summed E-state index contributed by atoms with van der Waals surface area (Å²) in [6.45, 7) is 4.65. The molecule has 4 aliphatic carbocycles. The summed E-state index contributed by atoms with van der Waals surface area (Å²) in [5, 5.41) is 0. The quantitative estimate of drug-likeness (QED) is 0.734. The Hall–Kier alpha value is -0.260. The largest absolute Gasteiger partial charge is 0.750 e. The van der Waals surface area contributed by atoms with Crippen molar-refractivity contribution in [2.75, 3.05) is 6.61 Å². The van der Waals surface area contributed by atoms with E-state index in [0.29, 0.717) is 11.8 Å². The summed E-state index contributed by atoms with van der Waals surface area (Å²) in [7, 11) is 0. The first-order valence-electron chi connectivity index (χ1n) is 6.62. The standard InChI is InChI=1S/C13H20O4S/c1-12(2)9-3-8-4-10(12)6-13(5-9,11(8)14)7-17-18(15)16/h8-10H,3-7H2,1-2H3,(H,15,16)/p-1. The molecular weight excluding hydrogens is 252 g/mol. The minimum absolute atomic E-state index is 0.0571. The molecule has 0 saturated heterocycles. The third kappa shape index (κ3) is 1.63. The van der Waals surface area contributed by atoms with Gasteiger partial charge in [-0.3, -0.25) is 8.98 Å². The van der Waals surface area contributed by atoms with Crippen LogP contribution in [0.25, 0.3) is 0 Å². The van der Waals surface area contributed by atoms with E-state index in [1.807, 2.05) is 0 Å². The Kier molecular flexibility index (Phi) is 2.74. The Morgan fingerprint density at radius 2 is 1.89 bits per heavy atom. The van der Waals surface area contributed by atoms with Gasteiger partial charge in [-0.2, -0.15) is 0 Å². The second-order valence-electron chi connectivity index (χ2n) is 6.90. The van der Waals surface area contributed by atoms with Crippen LogP contribution in [0.1, 0.15) is 39.5 Å². The fourth-order valence-electron chi connectivity index (χ4n) is 4.64. The second-order valence-corrected chi connectivity index (χ2v) is 7.55. The molecule has 0 spiro atoms. The number of ketones is 1. The van der Waals surface area contributed by atoms with E-state index >= 15 is 0 Å². The Bertz CT molecular complexity index is 399. The molecule has 4 bridgehead atoms. The highest BCUT2D eigenvalue weighted by Crippen LogP contribution is 2.65. The van der Waals surface area contributed by atoms with Gasteiger partial charge in [-0.25, -0.2) is 4.21 Å². The van der Waals surface area contributed by atoms with Gasteiger partial charge in [-0.05, 0) is 42.9 Å². The van der Waals surface area contributed by atoms with Crippen molar-refractivity contribution < 1.29 is 17.7 Å². The normalized spacial score (nSPS) is 46.4. The zero-order valence-electron chi connectivity index (χ0n) is 10.8. The van der Waals surface area contributed by atoms with Gasteiger partial charge in [0.2, 0.25) is 0 Å². The van der Waals surface area contributed by atoms with E-state index in [1.165, 1.54) is 0 Å². The molecule has 4 saturated carbocycles. The number of hydrogen-bond donors (Lipinski definition) is 0. The van der Waals surface area contributed by atoms with E-state index in [4.69, 9.17) is 4.18 Å². The number of hydrogen-bond acceptors (Lipinski definition) is 4. The molecule has 3 unspecified atom stereocenters. The fourth-order valence-corrected chi connectivity index (χ4v) is 4.96. The summed E-state index contributed by atoms with van der Waals surface area (Å²) in [6, 6.07) is 0. The molecule has 4 fully saturated rings. The van der Waals surface area contributed by atoms with Crippen LogP contribution in [0.4, 0.5) is 0 Å². The molecule has 0 aromatic heterocycles. The van der Waals surface area contributed by atoms with Gasteiger partial charge in [0.25, 0.3) is 0 Å². The second kappa shape index (κ2) is 3.87. The van der Waals surface area contributed by atoms with Crippen LogP contribution in [0.3, 0.4) is 0 Å². The fraction of sp³-hybridized carbons (Fsp3) is 0.923. The van der Waals surface area contributed by atoms with Gasteiger partial charge < -0.3 is 4.55 Å². The zero-order valence-corrected chi connectivity index (χ0v) is 11.6. The highest BCUT2D eigenvalue weighted by atomic mass is 32.2. The summed E-state index contributed by atoms with van der Waals surface area (Å²) in [4.78, 5) is 12.4. The molecule has 0 radical (unpaired) electrons. The van der Waals surface area contributed by atoms with Crippen molar-refractivity contribution in [3.05, 3.63) is 0 Å². The number of carbonyl (C=O) groups excluding carboxylic acids is 1. The molecule has 0 N–H and O–H groups in total. The van der Waals surface area contributed by atoms with Crippen LogP contribution in [0.2, 0.25) is 0 Å². The molecule has 102 valence electrons. The first-order chi connectivity index (χ1) is 8.35. The Morgan fingerprint density at radius 3 is 2.39 bits per heavy atom. The van der Waals surface area contributed by atoms with Crippen molar-refractivity contribution in [3.8, 4) is 0 Å². The van der Waals surface area contributed by atoms with Crippen LogP contribution < -0.4 is 0 Å². The highest BCUT2D eigenvalue weighted by molar-refractivity contribution is 7.74. The summed E-state index contributed by atoms with van der Waals surface area (Å²) >= 11 is -2.51. The van der Waals surface area contributed by atoms with Crippen LogP contribution >= 0.6 is 0 Å². The molecule has 4 rings (SSSR count). The molecule has 4 nitrogen and oxygen atoms in total. The van der Waals surface area contributed by atoms with Gasteiger partial charge in [0.1, 0.15) is 5.78 Å². The third-order valence-electron chi connectivity index (χ3n) is 5.84. The Balaban J connectivity index is 1.88. The minimum atomic E-state index is -2.51. The van der Waals surface area contributed by atoms with Crippen LogP contribution in [-0.4, -0.2) is 21.2 Å². The molecule has 0 aromatic rings. The van der Waals surface area contributed by atoms with Crippen LogP contribution in [0.5, 0.6) is 0 Å². The number of Topliss-reactive ketones (excluding diaryl/α,β-unsaturated/α-hetero) is 1.